The number of rotatable bonds is 7. The molecule has 0 saturated heterocycles. The molecule has 0 aliphatic rings. The number of amides is 1. The second kappa shape index (κ2) is 9.53. The summed E-state index contributed by atoms with van der Waals surface area (Å²) in [6.45, 7) is 2.60. The molecular formula is C19H20N2O4S. The van der Waals surface area contributed by atoms with Gasteiger partial charge in [-0.3, -0.25) is 14.9 Å². The van der Waals surface area contributed by atoms with Crippen LogP contribution in [0.5, 0.6) is 5.75 Å². The molecule has 0 aliphatic carbocycles. The van der Waals surface area contributed by atoms with Crippen LogP contribution >= 0.6 is 12.2 Å². The van der Waals surface area contributed by atoms with Crippen LogP contribution in [0.3, 0.4) is 0 Å². The van der Waals surface area contributed by atoms with Crippen molar-refractivity contribution in [3.8, 4) is 5.75 Å². The summed E-state index contributed by atoms with van der Waals surface area (Å²) in [6.07, 6.45) is 0.841. The minimum absolute atomic E-state index is 0.0437. The minimum atomic E-state index is -0.890. The third-order valence-corrected chi connectivity index (χ3v) is 3.57. The molecule has 26 heavy (non-hydrogen) atoms. The van der Waals surface area contributed by atoms with E-state index in [1.165, 1.54) is 0 Å². The van der Waals surface area contributed by atoms with Crippen LogP contribution in [0.15, 0.2) is 48.5 Å². The van der Waals surface area contributed by atoms with Crippen LogP contribution in [-0.4, -0.2) is 28.7 Å². The largest absolute Gasteiger partial charge is 0.494 e. The highest BCUT2D eigenvalue weighted by Gasteiger charge is 2.09. The van der Waals surface area contributed by atoms with E-state index in [0.29, 0.717) is 29.2 Å². The van der Waals surface area contributed by atoms with Gasteiger partial charge in [0, 0.05) is 11.3 Å². The van der Waals surface area contributed by atoms with Crippen LogP contribution in [0.2, 0.25) is 0 Å². The van der Waals surface area contributed by atoms with E-state index >= 15 is 0 Å². The number of hydrogen-bond acceptors (Lipinski definition) is 4. The number of anilines is 1. The Labute approximate surface area is 157 Å². The lowest BCUT2D eigenvalue weighted by atomic mass is 10.1. The van der Waals surface area contributed by atoms with Crippen molar-refractivity contribution in [2.45, 2.75) is 19.8 Å². The smallest absolute Gasteiger partial charge is 0.307 e. The second-order valence-electron chi connectivity index (χ2n) is 5.55. The van der Waals surface area contributed by atoms with Crippen molar-refractivity contribution in [3.63, 3.8) is 0 Å². The highest BCUT2D eigenvalue weighted by atomic mass is 32.1. The first-order valence-corrected chi connectivity index (χ1v) is 8.54. The molecule has 7 heteroatoms. The molecule has 0 atom stereocenters. The zero-order chi connectivity index (χ0) is 18.9. The number of nitrogens with one attached hydrogen (secondary N) is 2. The van der Waals surface area contributed by atoms with Gasteiger partial charge in [0.05, 0.1) is 13.0 Å². The first-order valence-electron chi connectivity index (χ1n) is 8.14. The van der Waals surface area contributed by atoms with Crippen molar-refractivity contribution >= 4 is 34.9 Å². The van der Waals surface area contributed by atoms with Crippen LogP contribution in [0.25, 0.3) is 0 Å². The SMILES string of the molecule is CCCOc1cccc(C(=O)NC(=S)Nc2ccc(CC(=O)O)cc2)c1. The van der Waals surface area contributed by atoms with Crippen LogP contribution in [0, 0.1) is 0 Å². The van der Waals surface area contributed by atoms with Crippen molar-refractivity contribution in [3.05, 3.63) is 59.7 Å². The van der Waals surface area contributed by atoms with E-state index in [-0.39, 0.29) is 17.4 Å². The Bertz CT molecular complexity index is 790. The molecule has 0 aliphatic heterocycles. The number of thiocarbonyl (C=S) groups is 1. The van der Waals surface area contributed by atoms with Crippen LogP contribution in [-0.2, 0) is 11.2 Å². The molecular weight excluding hydrogens is 352 g/mol. The quantitative estimate of drug-likeness (QED) is 0.647. The maximum atomic E-state index is 12.3. The molecule has 3 N–H and O–H groups in total. The van der Waals surface area contributed by atoms with Gasteiger partial charge in [0.1, 0.15) is 5.75 Å². The summed E-state index contributed by atoms with van der Waals surface area (Å²) in [7, 11) is 0. The Morgan fingerprint density at radius 3 is 2.54 bits per heavy atom. The van der Waals surface area contributed by atoms with E-state index in [2.05, 4.69) is 10.6 Å². The Balaban J connectivity index is 1.92. The molecule has 0 unspecified atom stereocenters. The molecule has 2 rings (SSSR count). The van der Waals surface area contributed by atoms with E-state index < -0.39 is 5.97 Å². The van der Waals surface area contributed by atoms with E-state index in [1.807, 2.05) is 6.92 Å². The molecule has 0 saturated carbocycles. The second-order valence-corrected chi connectivity index (χ2v) is 5.96. The molecule has 0 spiro atoms. The van der Waals surface area contributed by atoms with E-state index in [9.17, 15) is 9.59 Å². The Morgan fingerprint density at radius 2 is 1.88 bits per heavy atom. The first kappa shape index (κ1) is 19.4. The number of aliphatic carboxylic acids is 1. The maximum Gasteiger partial charge on any atom is 0.307 e. The summed E-state index contributed by atoms with van der Waals surface area (Å²) in [5.74, 6) is -0.599. The predicted octanol–water partition coefficient (Wildman–Crippen LogP) is 3.23. The zero-order valence-electron chi connectivity index (χ0n) is 14.3. The maximum absolute atomic E-state index is 12.3. The lowest BCUT2D eigenvalue weighted by Gasteiger charge is -2.11. The third kappa shape index (κ3) is 6.18. The summed E-state index contributed by atoms with van der Waals surface area (Å²) in [6, 6.07) is 13.7. The molecule has 0 aromatic heterocycles. The average molecular weight is 372 g/mol. The van der Waals surface area contributed by atoms with Crippen molar-refractivity contribution < 1.29 is 19.4 Å². The average Bonchev–Trinajstić information content (AvgIpc) is 2.61. The number of hydrogen-bond donors (Lipinski definition) is 3. The molecule has 0 heterocycles. The van der Waals surface area contributed by atoms with Gasteiger partial charge >= 0.3 is 5.97 Å². The third-order valence-electron chi connectivity index (χ3n) is 3.36. The van der Waals surface area contributed by atoms with Gasteiger partial charge in [-0.2, -0.15) is 0 Å². The van der Waals surface area contributed by atoms with E-state index in [4.69, 9.17) is 22.1 Å². The van der Waals surface area contributed by atoms with Crippen LogP contribution < -0.4 is 15.4 Å². The van der Waals surface area contributed by atoms with Gasteiger partial charge in [0.25, 0.3) is 5.91 Å². The lowest BCUT2D eigenvalue weighted by molar-refractivity contribution is -0.136. The fourth-order valence-electron chi connectivity index (χ4n) is 2.17. The van der Waals surface area contributed by atoms with Gasteiger partial charge in [-0.05, 0) is 54.5 Å². The van der Waals surface area contributed by atoms with Gasteiger partial charge in [-0.15, -0.1) is 0 Å². The minimum Gasteiger partial charge on any atom is -0.494 e. The molecule has 2 aromatic carbocycles. The predicted molar refractivity (Wildman–Crippen MR) is 104 cm³/mol. The van der Waals surface area contributed by atoms with Gasteiger partial charge in [0.15, 0.2) is 5.11 Å². The number of carbonyl (C=O) groups excluding carboxylic acids is 1. The first-order chi connectivity index (χ1) is 12.5. The zero-order valence-corrected chi connectivity index (χ0v) is 15.1. The van der Waals surface area contributed by atoms with Gasteiger partial charge in [0.2, 0.25) is 0 Å². The van der Waals surface area contributed by atoms with E-state index in [0.717, 1.165) is 6.42 Å². The van der Waals surface area contributed by atoms with Crippen molar-refractivity contribution in [2.24, 2.45) is 0 Å². The number of carboxylic acid groups (broad SMARTS) is 1. The van der Waals surface area contributed by atoms with Gasteiger partial charge < -0.3 is 15.2 Å². The molecule has 136 valence electrons. The van der Waals surface area contributed by atoms with Crippen molar-refractivity contribution in [2.75, 3.05) is 11.9 Å². The molecule has 1 amide bonds. The van der Waals surface area contributed by atoms with Crippen molar-refractivity contribution in [1.82, 2.24) is 5.32 Å². The highest BCUT2D eigenvalue weighted by Crippen LogP contribution is 2.14. The number of ether oxygens (including phenoxy) is 1. The normalized spacial score (nSPS) is 10.0. The summed E-state index contributed by atoms with van der Waals surface area (Å²) < 4.78 is 5.51. The fraction of sp³-hybridized carbons (Fsp3) is 0.211. The molecule has 0 radical (unpaired) electrons. The number of carboxylic acids is 1. The summed E-state index contributed by atoms with van der Waals surface area (Å²) >= 11 is 5.15. The summed E-state index contributed by atoms with van der Waals surface area (Å²) in [5.41, 5.74) is 1.78. The lowest BCUT2D eigenvalue weighted by Crippen LogP contribution is -2.34. The standard InChI is InChI=1S/C19H20N2O4S/c1-2-10-25-16-5-3-4-14(12-16)18(24)21-19(26)20-15-8-6-13(7-9-15)11-17(22)23/h3-9,12H,2,10-11H2,1H3,(H,22,23)(H2,20,21,24,26). The van der Waals surface area contributed by atoms with Crippen molar-refractivity contribution in [1.29, 1.82) is 0 Å². The number of benzene rings is 2. The fourth-order valence-corrected chi connectivity index (χ4v) is 2.38. The molecule has 6 nitrogen and oxygen atoms in total. The Hall–Kier alpha value is -2.93. The Kier molecular flexibility index (Phi) is 7.11. The highest BCUT2D eigenvalue weighted by molar-refractivity contribution is 7.80. The molecule has 0 fully saturated rings. The molecule has 0 bridgehead atoms. The Morgan fingerprint density at radius 1 is 1.15 bits per heavy atom. The summed E-state index contributed by atoms with van der Waals surface area (Å²) in [4.78, 5) is 23.0. The van der Waals surface area contributed by atoms with Crippen LogP contribution in [0.1, 0.15) is 29.3 Å². The van der Waals surface area contributed by atoms with Crippen LogP contribution in [0.4, 0.5) is 5.69 Å². The van der Waals surface area contributed by atoms with Gasteiger partial charge in [-0.1, -0.05) is 25.1 Å². The van der Waals surface area contributed by atoms with E-state index in [1.54, 1.807) is 48.5 Å². The molecule has 2 aromatic rings. The number of carbonyl (C=O) groups is 2. The topological polar surface area (TPSA) is 87.7 Å². The van der Waals surface area contributed by atoms with Gasteiger partial charge in [-0.25, -0.2) is 0 Å². The monoisotopic (exact) mass is 372 g/mol. The summed E-state index contributed by atoms with van der Waals surface area (Å²) in [5, 5.41) is 14.4.